The van der Waals surface area contributed by atoms with E-state index < -0.39 is 0 Å². The number of nitrogens with two attached hydrogens (primary N) is 1. The van der Waals surface area contributed by atoms with E-state index in [1.54, 1.807) is 18.3 Å². The van der Waals surface area contributed by atoms with Crippen molar-refractivity contribution in [1.82, 2.24) is 29.6 Å². The van der Waals surface area contributed by atoms with Gasteiger partial charge in [-0.3, -0.25) is 9.59 Å². The van der Waals surface area contributed by atoms with E-state index in [0.717, 1.165) is 23.1 Å². The van der Waals surface area contributed by atoms with Gasteiger partial charge in [-0.2, -0.15) is 5.10 Å². The molecule has 1 saturated heterocycles. The van der Waals surface area contributed by atoms with Crippen LogP contribution in [-0.4, -0.2) is 54.5 Å². The molecular weight excluding hydrogens is 468 g/mol. The number of nitrogens with zero attached hydrogens (tertiary/aromatic N) is 6. The Labute approximate surface area is 214 Å². The molecule has 10 heteroatoms. The van der Waals surface area contributed by atoms with E-state index in [0.29, 0.717) is 47.0 Å². The minimum Gasteiger partial charge on any atom is -0.383 e. The first kappa shape index (κ1) is 24.1. The summed E-state index contributed by atoms with van der Waals surface area (Å²) in [4.78, 5) is 40.1. The lowest BCUT2D eigenvalue weighted by Crippen LogP contribution is -2.29. The number of nitrogens with one attached hydrogen (secondary N) is 1. The van der Waals surface area contributed by atoms with Crippen molar-refractivity contribution in [3.05, 3.63) is 71.7 Å². The van der Waals surface area contributed by atoms with Crippen molar-refractivity contribution in [3.8, 4) is 11.3 Å². The Hall–Kier alpha value is -4.60. The van der Waals surface area contributed by atoms with Crippen LogP contribution in [0.5, 0.6) is 0 Å². The fraction of sp³-hybridized carbons (Fsp3) is 0.259. The second kappa shape index (κ2) is 9.81. The van der Waals surface area contributed by atoms with Gasteiger partial charge in [-0.25, -0.2) is 19.6 Å². The Balaban J connectivity index is 1.44. The van der Waals surface area contributed by atoms with Crippen molar-refractivity contribution < 1.29 is 9.59 Å². The summed E-state index contributed by atoms with van der Waals surface area (Å²) in [5.74, 6) is 0.604. The fourth-order valence-corrected chi connectivity index (χ4v) is 4.52. The molecule has 37 heavy (non-hydrogen) atoms. The monoisotopic (exact) mass is 496 g/mol. The molecule has 0 spiro atoms. The molecule has 4 heterocycles. The summed E-state index contributed by atoms with van der Waals surface area (Å²) in [6, 6.07) is 10.8. The molecule has 1 fully saturated rings. The third kappa shape index (κ3) is 4.65. The van der Waals surface area contributed by atoms with Crippen molar-refractivity contribution in [2.45, 2.75) is 33.2 Å². The number of fused-ring (bicyclic) bond motifs is 1. The predicted octanol–water partition coefficient (Wildman–Crippen LogP) is 3.77. The molecule has 4 aromatic rings. The van der Waals surface area contributed by atoms with E-state index in [1.807, 2.05) is 60.7 Å². The summed E-state index contributed by atoms with van der Waals surface area (Å²) in [7, 11) is 0. The molecule has 10 nitrogen and oxygen atoms in total. The van der Waals surface area contributed by atoms with Crippen LogP contribution in [0.1, 0.15) is 42.2 Å². The quantitative estimate of drug-likeness (QED) is 0.402. The highest BCUT2D eigenvalue weighted by atomic mass is 16.2. The second-order valence-corrected chi connectivity index (χ2v) is 9.17. The average molecular weight is 497 g/mol. The van der Waals surface area contributed by atoms with Crippen molar-refractivity contribution >= 4 is 34.5 Å². The zero-order chi connectivity index (χ0) is 26.1. The van der Waals surface area contributed by atoms with Gasteiger partial charge >= 0.3 is 0 Å². The number of carbonyl (C=O) groups excluding carboxylic acids is 2. The van der Waals surface area contributed by atoms with Crippen molar-refractivity contribution in [3.63, 3.8) is 0 Å². The number of aryl methyl sites for hydroxylation is 1. The number of hydrogen-bond acceptors (Lipinski definition) is 7. The zero-order valence-corrected chi connectivity index (χ0v) is 21.0. The number of nitrogen functional groups attached to an aromatic ring is 1. The van der Waals surface area contributed by atoms with Gasteiger partial charge in [0.15, 0.2) is 5.65 Å². The molecule has 3 N–H and O–H groups in total. The van der Waals surface area contributed by atoms with Crippen LogP contribution < -0.4 is 11.1 Å². The first-order chi connectivity index (χ1) is 17.9. The SMILES string of the molecule is CC=C(C)C(=O)N1CCC(n2nc(-c3ccc(C(=O)Nc4cc(C)ccn4)cc3)c3c(N)ncnc32)C1. The maximum Gasteiger partial charge on any atom is 0.256 e. The summed E-state index contributed by atoms with van der Waals surface area (Å²) in [6.45, 7) is 6.81. The summed E-state index contributed by atoms with van der Waals surface area (Å²) in [5, 5.41) is 8.35. The third-order valence-electron chi connectivity index (χ3n) is 6.66. The molecule has 1 aromatic carbocycles. The van der Waals surface area contributed by atoms with Crippen LogP contribution in [-0.2, 0) is 4.79 Å². The summed E-state index contributed by atoms with van der Waals surface area (Å²) >= 11 is 0. The predicted molar refractivity (Wildman–Crippen MR) is 142 cm³/mol. The van der Waals surface area contributed by atoms with Gasteiger partial charge in [0.1, 0.15) is 23.7 Å². The fourth-order valence-electron chi connectivity index (χ4n) is 4.52. The van der Waals surface area contributed by atoms with E-state index in [2.05, 4.69) is 20.3 Å². The van der Waals surface area contributed by atoms with Gasteiger partial charge in [-0.15, -0.1) is 0 Å². The molecule has 0 aliphatic carbocycles. The molecule has 0 radical (unpaired) electrons. The van der Waals surface area contributed by atoms with Gasteiger partial charge in [0.05, 0.1) is 11.4 Å². The molecule has 1 aliphatic heterocycles. The number of carbonyl (C=O) groups is 2. The minimum atomic E-state index is -0.255. The van der Waals surface area contributed by atoms with Crippen LogP contribution in [0, 0.1) is 6.92 Å². The number of hydrogen-bond donors (Lipinski definition) is 2. The number of aromatic nitrogens is 5. The maximum absolute atomic E-state index is 12.7. The lowest BCUT2D eigenvalue weighted by atomic mass is 10.1. The molecule has 3 aromatic heterocycles. The normalized spacial score (nSPS) is 15.8. The first-order valence-electron chi connectivity index (χ1n) is 12.1. The molecule has 1 aliphatic rings. The largest absolute Gasteiger partial charge is 0.383 e. The maximum atomic E-state index is 12.7. The smallest absolute Gasteiger partial charge is 0.256 e. The zero-order valence-electron chi connectivity index (χ0n) is 21.0. The number of amides is 2. The summed E-state index contributed by atoms with van der Waals surface area (Å²) in [6.07, 6.45) is 5.67. The third-order valence-corrected chi connectivity index (χ3v) is 6.66. The molecule has 0 saturated carbocycles. The van der Waals surface area contributed by atoms with Crippen LogP contribution in [0.4, 0.5) is 11.6 Å². The second-order valence-electron chi connectivity index (χ2n) is 9.17. The lowest BCUT2D eigenvalue weighted by molar-refractivity contribution is -0.126. The standard InChI is InChI=1S/C27H28N8O2/c1-4-17(3)27(37)34-12-10-20(14-34)35-25-22(24(28)30-15-31-25)23(33-35)18-5-7-19(8-6-18)26(36)32-21-13-16(2)9-11-29-21/h4-9,11,13,15,20H,10,12,14H2,1-3H3,(H2,28,30,31)(H,29,32,36). The van der Waals surface area contributed by atoms with E-state index in [9.17, 15) is 9.59 Å². The van der Waals surface area contributed by atoms with Crippen LogP contribution in [0.3, 0.4) is 0 Å². The van der Waals surface area contributed by atoms with Crippen LogP contribution in [0.15, 0.2) is 60.6 Å². The molecule has 188 valence electrons. The summed E-state index contributed by atoms with van der Waals surface area (Å²) < 4.78 is 1.85. The number of allylic oxidation sites excluding steroid dienone is 1. The molecule has 0 bridgehead atoms. The Morgan fingerprint density at radius 3 is 2.65 bits per heavy atom. The Morgan fingerprint density at radius 1 is 1.14 bits per heavy atom. The number of rotatable bonds is 5. The van der Waals surface area contributed by atoms with E-state index in [1.165, 1.54) is 6.33 Å². The lowest BCUT2D eigenvalue weighted by Gasteiger charge is -2.17. The number of benzene rings is 1. The Morgan fingerprint density at radius 2 is 1.92 bits per heavy atom. The molecular formula is C27H28N8O2. The van der Waals surface area contributed by atoms with Crippen LogP contribution in [0.25, 0.3) is 22.3 Å². The van der Waals surface area contributed by atoms with Gasteiger partial charge in [0, 0.05) is 36.0 Å². The van der Waals surface area contributed by atoms with Crippen molar-refractivity contribution in [1.29, 1.82) is 0 Å². The Bertz CT molecular complexity index is 1520. The van der Waals surface area contributed by atoms with E-state index >= 15 is 0 Å². The van der Waals surface area contributed by atoms with Crippen LogP contribution >= 0.6 is 0 Å². The number of pyridine rings is 1. The van der Waals surface area contributed by atoms with Crippen LogP contribution in [0.2, 0.25) is 0 Å². The van der Waals surface area contributed by atoms with Gasteiger partial charge in [-0.05, 0) is 57.0 Å². The van der Waals surface area contributed by atoms with E-state index in [4.69, 9.17) is 10.8 Å². The Kier molecular flexibility index (Phi) is 6.39. The molecule has 5 rings (SSSR count). The van der Waals surface area contributed by atoms with Gasteiger partial charge in [0.2, 0.25) is 5.91 Å². The van der Waals surface area contributed by atoms with Gasteiger partial charge in [0.25, 0.3) is 5.91 Å². The van der Waals surface area contributed by atoms with Crippen molar-refractivity contribution in [2.75, 3.05) is 24.1 Å². The van der Waals surface area contributed by atoms with Crippen molar-refractivity contribution in [2.24, 2.45) is 0 Å². The molecule has 1 atom stereocenters. The van der Waals surface area contributed by atoms with Gasteiger partial charge < -0.3 is 16.0 Å². The average Bonchev–Trinajstić information content (AvgIpc) is 3.54. The highest BCUT2D eigenvalue weighted by Crippen LogP contribution is 2.34. The first-order valence-corrected chi connectivity index (χ1v) is 12.1. The highest BCUT2D eigenvalue weighted by molar-refractivity contribution is 6.04. The molecule has 2 amide bonds. The minimum absolute atomic E-state index is 0.0329. The summed E-state index contributed by atoms with van der Waals surface area (Å²) in [5.41, 5.74) is 10.5. The van der Waals surface area contributed by atoms with Gasteiger partial charge in [-0.1, -0.05) is 18.2 Å². The number of anilines is 2. The molecule has 1 unspecified atom stereocenters. The van der Waals surface area contributed by atoms with E-state index in [-0.39, 0.29) is 17.9 Å². The topological polar surface area (TPSA) is 132 Å². The number of likely N-dealkylation sites (tertiary alicyclic amines) is 1. The highest BCUT2D eigenvalue weighted by Gasteiger charge is 2.31.